The van der Waals surface area contributed by atoms with E-state index in [2.05, 4.69) is 5.32 Å². The molecule has 0 aromatic rings. The van der Waals surface area contributed by atoms with Crippen LogP contribution in [0, 0.1) is 0 Å². The van der Waals surface area contributed by atoms with Crippen LogP contribution in [-0.2, 0) is 9.53 Å². The van der Waals surface area contributed by atoms with E-state index in [9.17, 15) is 4.79 Å². The highest BCUT2D eigenvalue weighted by Gasteiger charge is 2.25. The smallest absolute Gasteiger partial charge is 0.322 e. The Morgan fingerprint density at radius 1 is 1.57 bits per heavy atom. The van der Waals surface area contributed by atoms with Crippen molar-refractivity contribution in [2.24, 2.45) is 0 Å². The molecule has 1 aliphatic rings. The lowest BCUT2D eigenvalue weighted by atomic mass is 10.2. The van der Waals surface area contributed by atoms with Crippen LogP contribution in [0.1, 0.15) is 0 Å². The molecule has 1 saturated heterocycles. The van der Waals surface area contributed by atoms with E-state index in [1.807, 2.05) is 4.90 Å². The highest BCUT2D eigenvalue weighted by Crippen LogP contribution is 2.03. The number of carboxylic acid groups (broad SMARTS) is 1. The van der Waals surface area contributed by atoms with Gasteiger partial charge in [0.1, 0.15) is 6.04 Å². The molecule has 0 amide bonds. The maximum absolute atomic E-state index is 10.9. The zero-order valence-electron chi connectivity index (χ0n) is 8.23. The van der Waals surface area contributed by atoms with Gasteiger partial charge in [-0.1, -0.05) is 0 Å². The van der Waals surface area contributed by atoms with E-state index in [-0.39, 0.29) is 12.4 Å². The second-order valence-corrected chi connectivity index (χ2v) is 3.06. The van der Waals surface area contributed by atoms with Gasteiger partial charge in [0.2, 0.25) is 0 Å². The van der Waals surface area contributed by atoms with Gasteiger partial charge < -0.3 is 15.2 Å². The lowest BCUT2D eigenvalue weighted by Gasteiger charge is -2.31. The Balaban J connectivity index is 0.00000169. The molecule has 84 valence electrons. The predicted molar refractivity (Wildman–Crippen MR) is 55.0 cm³/mol. The van der Waals surface area contributed by atoms with Gasteiger partial charge in [0.15, 0.2) is 0 Å². The normalized spacial score (nSPS) is 19.8. The minimum Gasteiger partial charge on any atom is -0.480 e. The number of carboxylic acids is 1. The van der Waals surface area contributed by atoms with E-state index in [1.165, 1.54) is 0 Å². The zero-order valence-corrected chi connectivity index (χ0v) is 9.05. The minimum atomic E-state index is -0.767. The molecule has 0 aliphatic carbocycles. The summed E-state index contributed by atoms with van der Waals surface area (Å²) in [6.07, 6.45) is 0. The van der Waals surface area contributed by atoms with E-state index in [1.54, 1.807) is 7.05 Å². The van der Waals surface area contributed by atoms with Crippen LogP contribution in [0.4, 0.5) is 0 Å². The fourth-order valence-electron chi connectivity index (χ4n) is 1.46. The molecule has 0 aromatic carbocycles. The molecule has 1 unspecified atom stereocenters. The summed E-state index contributed by atoms with van der Waals surface area (Å²) in [5.41, 5.74) is 0. The minimum absolute atomic E-state index is 0. The molecular weight excluding hydrogens is 208 g/mol. The molecule has 0 radical (unpaired) electrons. The van der Waals surface area contributed by atoms with Crippen LogP contribution >= 0.6 is 12.4 Å². The number of halogens is 1. The van der Waals surface area contributed by atoms with Crippen LogP contribution in [0.3, 0.4) is 0 Å². The van der Waals surface area contributed by atoms with Crippen molar-refractivity contribution in [2.75, 3.05) is 39.9 Å². The van der Waals surface area contributed by atoms with Gasteiger partial charge in [0.05, 0.1) is 13.2 Å². The second-order valence-electron chi connectivity index (χ2n) is 3.06. The molecule has 2 N–H and O–H groups in total. The molecule has 14 heavy (non-hydrogen) atoms. The van der Waals surface area contributed by atoms with E-state index >= 15 is 0 Å². The SMILES string of the molecule is CNCC(C(=O)O)N1CCOCC1.Cl. The summed E-state index contributed by atoms with van der Waals surface area (Å²) in [6.45, 7) is 3.16. The Labute approximate surface area is 89.8 Å². The van der Waals surface area contributed by atoms with Gasteiger partial charge >= 0.3 is 5.97 Å². The number of likely N-dealkylation sites (N-methyl/N-ethyl adjacent to an activating group) is 1. The number of morpholine rings is 1. The van der Waals surface area contributed by atoms with Crippen LogP contribution in [0.15, 0.2) is 0 Å². The standard InChI is InChI=1S/C8H16N2O3.ClH/c1-9-6-7(8(11)12)10-2-4-13-5-3-10;/h7,9H,2-6H2,1H3,(H,11,12);1H. The molecule has 1 atom stereocenters. The Morgan fingerprint density at radius 2 is 2.14 bits per heavy atom. The first-order chi connectivity index (χ1) is 6.25. The number of aliphatic carboxylic acids is 1. The highest BCUT2D eigenvalue weighted by molar-refractivity contribution is 5.85. The van der Waals surface area contributed by atoms with Crippen molar-refractivity contribution >= 4 is 18.4 Å². The summed E-state index contributed by atoms with van der Waals surface area (Å²) in [5.74, 6) is -0.767. The van der Waals surface area contributed by atoms with E-state index in [4.69, 9.17) is 9.84 Å². The average molecular weight is 225 g/mol. The number of nitrogens with zero attached hydrogens (tertiary/aromatic N) is 1. The van der Waals surface area contributed by atoms with E-state index in [0.717, 1.165) is 0 Å². The number of hydrogen-bond donors (Lipinski definition) is 2. The van der Waals surface area contributed by atoms with Gasteiger partial charge in [-0.3, -0.25) is 9.69 Å². The average Bonchev–Trinajstić information content (AvgIpc) is 2.15. The van der Waals surface area contributed by atoms with Crippen LogP contribution in [0.5, 0.6) is 0 Å². The lowest BCUT2D eigenvalue weighted by Crippen LogP contribution is -2.51. The summed E-state index contributed by atoms with van der Waals surface area (Å²) in [5, 5.41) is 11.8. The number of carbonyl (C=O) groups is 1. The molecule has 1 rings (SSSR count). The number of hydrogen-bond acceptors (Lipinski definition) is 4. The first kappa shape index (κ1) is 13.6. The Morgan fingerprint density at radius 3 is 2.57 bits per heavy atom. The van der Waals surface area contributed by atoms with Crippen molar-refractivity contribution in [1.82, 2.24) is 10.2 Å². The summed E-state index contributed by atoms with van der Waals surface area (Å²) >= 11 is 0. The largest absolute Gasteiger partial charge is 0.480 e. The van der Waals surface area contributed by atoms with Gasteiger partial charge in [0.25, 0.3) is 0 Å². The van der Waals surface area contributed by atoms with Crippen molar-refractivity contribution in [3.8, 4) is 0 Å². The molecule has 0 saturated carbocycles. The zero-order chi connectivity index (χ0) is 9.68. The number of nitrogens with one attached hydrogen (secondary N) is 1. The van der Waals surface area contributed by atoms with Crippen LogP contribution < -0.4 is 5.32 Å². The van der Waals surface area contributed by atoms with Gasteiger partial charge in [-0.05, 0) is 7.05 Å². The number of ether oxygens (including phenoxy) is 1. The van der Waals surface area contributed by atoms with Crippen LogP contribution in [-0.4, -0.2) is 61.9 Å². The van der Waals surface area contributed by atoms with Gasteiger partial charge in [-0.15, -0.1) is 12.4 Å². The predicted octanol–water partition coefficient (Wildman–Crippen LogP) is -0.587. The fraction of sp³-hybridized carbons (Fsp3) is 0.875. The second kappa shape index (κ2) is 7.00. The summed E-state index contributed by atoms with van der Waals surface area (Å²) in [7, 11) is 1.76. The van der Waals surface area contributed by atoms with Gasteiger partial charge in [0, 0.05) is 19.6 Å². The summed E-state index contributed by atoms with van der Waals surface area (Å²) < 4.78 is 5.15. The monoisotopic (exact) mass is 224 g/mol. The molecule has 0 aromatic heterocycles. The molecule has 1 aliphatic heterocycles. The Kier molecular flexibility index (Phi) is 6.82. The molecule has 5 nitrogen and oxygen atoms in total. The van der Waals surface area contributed by atoms with Crippen molar-refractivity contribution in [3.05, 3.63) is 0 Å². The molecule has 0 spiro atoms. The summed E-state index contributed by atoms with van der Waals surface area (Å²) in [6, 6.07) is -0.422. The first-order valence-corrected chi connectivity index (χ1v) is 4.45. The molecule has 0 bridgehead atoms. The van der Waals surface area contributed by atoms with Crippen molar-refractivity contribution in [1.29, 1.82) is 0 Å². The maximum Gasteiger partial charge on any atom is 0.322 e. The molecule has 1 fully saturated rings. The van der Waals surface area contributed by atoms with Gasteiger partial charge in [-0.2, -0.15) is 0 Å². The topological polar surface area (TPSA) is 61.8 Å². The van der Waals surface area contributed by atoms with E-state index in [0.29, 0.717) is 32.8 Å². The quantitative estimate of drug-likeness (QED) is 0.669. The lowest BCUT2D eigenvalue weighted by molar-refractivity contribution is -0.144. The fourth-order valence-corrected chi connectivity index (χ4v) is 1.46. The molecule has 6 heteroatoms. The van der Waals surface area contributed by atoms with Crippen LogP contribution in [0.25, 0.3) is 0 Å². The third-order valence-electron chi connectivity index (χ3n) is 2.17. The van der Waals surface area contributed by atoms with Crippen LogP contribution in [0.2, 0.25) is 0 Å². The van der Waals surface area contributed by atoms with Crippen molar-refractivity contribution in [2.45, 2.75) is 6.04 Å². The highest BCUT2D eigenvalue weighted by atomic mass is 35.5. The number of rotatable bonds is 4. The molecule has 1 heterocycles. The van der Waals surface area contributed by atoms with Gasteiger partial charge in [-0.25, -0.2) is 0 Å². The summed E-state index contributed by atoms with van der Waals surface area (Å²) in [4.78, 5) is 12.8. The first-order valence-electron chi connectivity index (χ1n) is 4.45. The Bertz CT molecular complexity index is 174. The van der Waals surface area contributed by atoms with Crippen molar-refractivity contribution in [3.63, 3.8) is 0 Å². The maximum atomic E-state index is 10.9. The third-order valence-corrected chi connectivity index (χ3v) is 2.17. The third kappa shape index (κ3) is 3.79. The van der Waals surface area contributed by atoms with E-state index < -0.39 is 12.0 Å². The molecular formula is C8H17ClN2O3. The van der Waals surface area contributed by atoms with Crippen molar-refractivity contribution < 1.29 is 14.6 Å². The Hall–Kier alpha value is -0.360.